The summed E-state index contributed by atoms with van der Waals surface area (Å²) in [4.78, 5) is 24.7. The molecule has 1 aliphatic rings. The molecule has 5 rings (SSSR count). The average Bonchev–Trinajstić information content (AvgIpc) is 3.34. The minimum Gasteiger partial charge on any atom is -0.464 e. The van der Waals surface area contributed by atoms with Crippen molar-refractivity contribution in [3.8, 4) is 0 Å². The first-order valence-electron chi connectivity index (χ1n) is 9.27. The molecule has 0 bridgehead atoms. The number of hydrogen-bond acceptors (Lipinski definition) is 8. The maximum absolute atomic E-state index is 12.4. The van der Waals surface area contributed by atoms with Gasteiger partial charge in [-0.25, -0.2) is 0 Å². The van der Waals surface area contributed by atoms with Crippen molar-refractivity contribution in [2.75, 3.05) is 23.8 Å². The Morgan fingerprint density at radius 2 is 1.90 bits per heavy atom. The highest BCUT2D eigenvalue weighted by atomic mass is 16.5. The number of hydrogen-bond donors (Lipinski definition) is 3. The smallest absolute Gasteiger partial charge is 0.253 e. The lowest BCUT2D eigenvalue weighted by atomic mass is 9.79. The number of aryl methyl sites for hydroxylation is 1. The van der Waals surface area contributed by atoms with Crippen LogP contribution < -0.4 is 21.5 Å². The number of benzene rings is 1. The summed E-state index contributed by atoms with van der Waals surface area (Å²) in [6.07, 6.45) is 0. The highest BCUT2D eigenvalue weighted by Crippen LogP contribution is 2.43. The van der Waals surface area contributed by atoms with Crippen LogP contribution in [-0.4, -0.2) is 28.6 Å². The summed E-state index contributed by atoms with van der Waals surface area (Å²) in [5.74, 6) is 1.47. The monoisotopic (exact) mass is 393 g/mol. The molecule has 29 heavy (non-hydrogen) atoms. The highest BCUT2D eigenvalue weighted by Gasteiger charge is 2.45. The van der Waals surface area contributed by atoms with Gasteiger partial charge in [-0.2, -0.15) is 15.4 Å². The van der Waals surface area contributed by atoms with Crippen molar-refractivity contribution in [2.45, 2.75) is 19.9 Å². The first-order valence-corrected chi connectivity index (χ1v) is 9.27. The number of para-hydroxylation sites is 1. The fourth-order valence-corrected chi connectivity index (χ4v) is 3.68. The van der Waals surface area contributed by atoms with Crippen LogP contribution in [0.4, 0.5) is 17.1 Å². The third-order valence-electron chi connectivity index (χ3n) is 5.41. The fraction of sp³-hybridized carbons (Fsp3) is 0.300. The molecule has 1 aliphatic heterocycles. The first kappa shape index (κ1) is 17.6. The second kappa shape index (κ2) is 6.28. The number of rotatable bonds is 6. The topological polar surface area (TPSA) is 122 Å². The van der Waals surface area contributed by atoms with Crippen molar-refractivity contribution in [1.29, 1.82) is 0 Å². The molecule has 1 fully saturated rings. The molecule has 3 N–H and O–H groups in total. The molecule has 0 amide bonds. The number of aromatic nitrogens is 3. The van der Waals surface area contributed by atoms with Crippen molar-refractivity contribution in [2.24, 2.45) is 5.41 Å². The van der Waals surface area contributed by atoms with E-state index in [-0.39, 0.29) is 22.8 Å². The van der Waals surface area contributed by atoms with E-state index in [1.165, 1.54) is 0 Å². The second-order valence-electron chi connectivity index (χ2n) is 7.70. The van der Waals surface area contributed by atoms with Crippen LogP contribution in [0.3, 0.4) is 0 Å². The zero-order valence-electron chi connectivity index (χ0n) is 15.9. The molecule has 148 valence electrons. The van der Waals surface area contributed by atoms with Crippen LogP contribution >= 0.6 is 0 Å². The van der Waals surface area contributed by atoms with Crippen LogP contribution in [0.15, 0.2) is 44.3 Å². The number of ether oxygens (including phenoxy) is 1. The van der Waals surface area contributed by atoms with Gasteiger partial charge in [-0.05, 0) is 31.2 Å². The Morgan fingerprint density at radius 1 is 1.10 bits per heavy atom. The third kappa shape index (κ3) is 2.73. The molecular weight excluding hydrogens is 374 g/mol. The summed E-state index contributed by atoms with van der Waals surface area (Å²) in [5, 5.41) is 17.0. The van der Waals surface area contributed by atoms with Crippen molar-refractivity contribution in [1.82, 2.24) is 15.4 Å². The zero-order chi connectivity index (χ0) is 20.2. The van der Waals surface area contributed by atoms with Crippen LogP contribution in [0, 0.1) is 12.3 Å². The Hall–Kier alpha value is -3.46. The molecular formula is C20H19N5O4. The number of fused-ring (bicyclic) bond motifs is 1. The van der Waals surface area contributed by atoms with Gasteiger partial charge in [-0.15, -0.1) is 0 Å². The quantitative estimate of drug-likeness (QED) is 0.427. The summed E-state index contributed by atoms with van der Waals surface area (Å²) < 4.78 is 11.2. The van der Waals surface area contributed by atoms with Crippen LogP contribution in [0.5, 0.6) is 0 Å². The molecule has 0 radical (unpaired) electrons. The van der Waals surface area contributed by atoms with Gasteiger partial charge in [0.05, 0.1) is 24.9 Å². The Balaban J connectivity index is 1.50. The number of anilines is 3. The van der Waals surface area contributed by atoms with Gasteiger partial charge in [0.1, 0.15) is 33.9 Å². The lowest BCUT2D eigenvalue weighted by molar-refractivity contribution is -0.115. The molecule has 9 nitrogen and oxygen atoms in total. The molecule has 4 aromatic rings. The summed E-state index contributed by atoms with van der Waals surface area (Å²) in [7, 11) is 0. The van der Waals surface area contributed by atoms with Crippen molar-refractivity contribution in [3.63, 3.8) is 0 Å². The predicted octanol–water partition coefficient (Wildman–Crippen LogP) is 2.39. The lowest BCUT2D eigenvalue weighted by Crippen LogP contribution is -2.49. The summed E-state index contributed by atoms with van der Waals surface area (Å²) in [5.41, 5.74) is 0.901. The van der Waals surface area contributed by atoms with Gasteiger partial charge >= 0.3 is 0 Å². The maximum Gasteiger partial charge on any atom is 0.253 e. The largest absolute Gasteiger partial charge is 0.464 e. The fourth-order valence-electron chi connectivity index (χ4n) is 3.68. The van der Waals surface area contributed by atoms with Gasteiger partial charge in [0.25, 0.3) is 10.9 Å². The van der Waals surface area contributed by atoms with E-state index in [0.29, 0.717) is 35.7 Å². The molecule has 1 unspecified atom stereocenters. The standard InChI is InChI=1S/C20H19N5O4/c1-10-6-7-13(29-10)19(20(2)8-28-9-20)22-16-15(17(26)18(16)27)21-11-4-3-5-12-14(11)24-25-23-12/h3-7,19,21-22H,8-9H2,1-2H3,(H,23,24,25). The normalized spacial score (nSPS) is 16.6. The van der Waals surface area contributed by atoms with E-state index < -0.39 is 10.9 Å². The van der Waals surface area contributed by atoms with Crippen LogP contribution in [0.2, 0.25) is 0 Å². The van der Waals surface area contributed by atoms with E-state index in [1.54, 1.807) is 18.2 Å². The first-order chi connectivity index (χ1) is 14.0. The van der Waals surface area contributed by atoms with Gasteiger partial charge in [-0.1, -0.05) is 13.0 Å². The molecule has 2 aromatic heterocycles. The second-order valence-corrected chi connectivity index (χ2v) is 7.70. The van der Waals surface area contributed by atoms with Crippen molar-refractivity contribution < 1.29 is 9.15 Å². The molecule has 3 heterocycles. The molecule has 9 heteroatoms. The average molecular weight is 393 g/mol. The Kier molecular flexibility index (Phi) is 3.82. The van der Waals surface area contributed by atoms with Crippen LogP contribution in [0.25, 0.3) is 11.0 Å². The minimum absolute atomic E-state index is 0.211. The zero-order valence-corrected chi connectivity index (χ0v) is 15.9. The Bertz CT molecular complexity index is 1280. The van der Waals surface area contributed by atoms with E-state index in [9.17, 15) is 9.59 Å². The van der Waals surface area contributed by atoms with Gasteiger partial charge in [0.2, 0.25) is 0 Å². The third-order valence-corrected chi connectivity index (χ3v) is 5.41. The SMILES string of the molecule is Cc1ccc(C(Nc2c(Nc3cccc4n[nH]nc34)c(=O)c2=O)C2(C)COC2)o1. The highest BCUT2D eigenvalue weighted by molar-refractivity contribution is 5.92. The molecule has 0 spiro atoms. The van der Waals surface area contributed by atoms with Crippen LogP contribution in [-0.2, 0) is 4.74 Å². The Morgan fingerprint density at radius 3 is 2.59 bits per heavy atom. The summed E-state index contributed by atoms with van der Waals surface area (Å²) in [6, 6.07) is 8.83. The summed E-state index contributed by atoms with van der Waals surface area (Å²) >= 11 is 0. The molecule has 0 saturated carbocycles. The number of aromatic amines is 1. The van der Waals surface area contributed by atoms with E-state index in [4.69, 9.17) is 9.15 Å². The van der Waals surface area contributed by atoms with E-state index in [2.05, 4.69) is 33.0 Å². The lowest BCUT2D eigenvalue weighted by Gasteiger charge is -2.44. The van der Waals surface area contributed by atoms with E-state index >= 15 is 0 Å². The Labute approximate surface area is 164 Å². The minimum atomic E-state index is -0.572. The van der Waals surface area contributed by atoms with Gasteiger partial charge in [-0.3, -0.25) is 9.59 Å². The maximum atomic E-state index is 12.4. The van der Waals surface area contributed by atoms with Crippen LogP contribution in [0.1, 0.15) is 24.5 Å². The number of nitrogens with one attached hydrogen (secondary N) is 3. The summed E-state index contributed by atoms with van der Waals surface area (Å²) in [6.45, 7) is 4.98. The molecule has 1 saturated heterocycles. The van der Waals surface area contributed by atoms with E-state index in [1.807, 2.05) is 19.1 Å². The van der Waals surface area contributed by atoms with Gasteiger partial charge in [0, 0.05) is 5.41 Å². The van der Waals surface area contributed by atoms with Gasteiger partial charge < -0.3 is 19.8 Å². The number of H-pyrrole nitrogens is 1. The predicted molar refractivity (Wildman–Crippen MR) is 107 cm³/mol. The van der Waals surface area contributed by atoms with Gasteiger partial charge in [0.15, 0.2) is 0 Å². The van der Waals surface area contributed by atoms with Crippen molar-refractivity contribution >= 4 is 28.1 Å². The van der Waals surface area contributed by atoms with Crippen molar-refractivity contribution in [3.05, 3.63) is 62.3 Å². The number of nitrogens with zero attached hydrogens (tertiary/aromatic N) is 2. The number of furan rings is 1. The molecule has 0 aliphatic carbocycles. The van der Waals surface area contributed by atoms with E-state index in [0.717, 1.165) is 5.76 Å². The molecule has 2 aromatic carbocycles. The molecule has 1 atom stereocenters.